The molecule has 0 saturated carbocycles. The smallest absolute Gasteiger partial charge is 0.0723 e. The third-order valence-electron chi connectivity index (χ3n) is 4.50. The van der Waals surface area contributed by atoms with E-state index in [1.807, 2.05) is 11.3 Å². The maximum atomic E-state index is 2.39. The van der Waals surface area contributed by atoms with Crippen molar-refractivity contribution in [3.63, 3.8) is 0 Å². The van der Waals surface area contributed by atoms with Gasteiger partial charge in [0.15, 0.2) is 0 Å². The van der Waals surface area contributed by atoms with Crippen molar-refractivity contribution in [1.29, 1.82) is 0 Å². The lowest BCUT2D eigenvalue weighted by molar-refractivity contribution is 0.389. The van der Waals surface area contributed by atoms with Crippen molar-refractivity contribution in [3.8, 4) is 0 Å². The number of likely N-dealkylation sites (N-methyl/N-ethyl adjacent to an activating group) is 1. The summed E-state index contributed by atoms with van der Waals surface area (Å²) in [4.78, 5) is 2.27. The van der Waals surface area contributed by atoms with Crippen molar-refractivity contribution in [3.05, 3.63) is 71.5 Å². The second-order valence-corrected chi connectivity index (χ2v) is 7.23. The third-order valence-corrected chi connectivity index (χ3v) is 5.61. The van der Waals surface area contributed by atoms with Crippen LogP contribution < -0.4 is 0 Å². The molecule has 2 heteroatoms. The number of thiophene rings is 1. The highest BCUT2D eigenvalue weighted by molar-refractivity contribution is 7.25. The van der Waals surface area contributed by atoms with Crippen molar-refractivity contribution in [2.24, 2.45) is 0 Å². The van der Waals surface area contributed by atoms with Crippen LogP contribution >= 0.6 is 11.3 Å². The lowest BCUT2D eigenvalue weighted by Crippen LogP contribution is -2.19. The zero-order chi connectivity index (χ0) is 15.3. The summed E-state index contributed by atoms with van der Waals surface area (Å²) in [5, 5.41) is 2.77. The molecule has 1 aliphatic heterocycles. The number of aryl methyl sites for hydroxylation is 2. The van der Waals surface area contributed by atoms with Crippen LogP contribution in [-0.2, 0) is 0 Å². The molecule has 0 aliphatic carbocycles. The Morgan fingerprint density at radius 1 is 0.955 bits per heavy atom. The van der Waals surface area contributed by atoms with E-state index in [-0.39, 0.29) is 0 Å². The summed E-state index contributed by atoms with van der Waals surface area (Å²) < 4.78 is 2.78. The van der Waals surface area contributed by atoms with E-state index in [1.165, 1.54) is 36.9 Å². The second kappa shape index (κ2) is 4.99. The van der Waals surface area contributed by atoms with Crippen molar-refractivity contribution in [2.75, 3.05) is 7.05 Å². The minimum atomic E-state index is 0.329. The molecule has 0 fully saturated rings. The van der Waals surface area contributed by atoms with Crippen molar-refractivity contribution in [1.82, 2.24) is 4.90 Å². The van der Waals surface area contributed by atoms with Gasteiger partial charge in [-0.25, -0.2) is 0 Å². The van der Waals surface area contributed by atoms with Crippen molar-refractivity contribution in [2.45, 2.75) is 19.9 Å². The minimum Gasteiger partial charge on any atom is -0.370 e. The summed E-state index contributed by atoms with van der Waals surface area (Å²) in [5.41, 5.74) is 4.10. The van der Waals surface area contributed by atoms with Crippen LogP contribution in [0.25, 0.3) is 20.2 Å². The Hall–Kier alpha value is -2.06. The molecular formula is C20H19NS. The van der Waals surface area contributed by atoms with E-state index in [1.54, 1.807) is 0 Å². The molecule has 110 valence electrons. The Kier molecular flexibility index (Phi) is 3.08. The normalized spacial score (nSPS) is 17.8. The van der Waals surface area contributed by atoms with Gasteiger partial charge in [0.05, 0.1) is 6.04 Å². The largest absolute Gasteiger partial charge is 0.370 e. The number of hydrogen-bond acceptors (Lipinski definition) is 2. The van der Waals surface area contributed by atoms with Gasteiger partial charge in [-0.15, -0.1) is 11.3 Å². The van der Waals surface area contributed by atoms with Gasteiger partial charge in [0.2, 0.25) is 0 Å². The molecule has 0 amide bonds. The summed E-state index contributed by atoms with van der Waals surface area (Å²) in [6.45, 7) is 4.39. The fourth-order valence-electron chi connectivity index (χ4n) is 3.27. The predicted octanol–water partition coefficient (Wildman–Crippen LogP) is 5.73. The molecule has 0 N–H and O–H groups in total. The first-order valence-corrected chi connectivity index (χ1v) is 8.45. The Morgan fingerprint density at radius 2 is 1.77 bits per heavy atom. The fraction of sp³-hybridized carbons (Fsp3) is 0.200. The Bertz CT molecular complexity index is 930. The van der Waals surface area contributed by atoms with Gasteiger partial charge in [-0.2, -0.15) is 0 Å². The highest BCUT2D eigenvalue weighted by atomic mass is 32.1. The van der Waals surface area contributed by atoms with Crippen molar-refractivity contribution >= 4 is 31.5 Å². The highest BCUT2D eigenvalue weighted by Crippen LogP contribution is 2.38. The molecule has 1 aromatic heterocycles. The fourth-order valence-corrected chi connectivity index (χ4v) is 4.56. The van der Waals surface area contributed by atoms with E-state index in [2.05, 4.69) is 80.6 Å². The summed E-state index contributed by atoms with van der Waals surface area (Å²) in [6.07, 6.45) is 8.65. The first kappa shape index (κ1) is 13.6. The van der Waals surface area contributed by atoms with Crippen LogP contribution in [0.2, 0.25) is 0 Å². The van der Waals surface area contributed by atoms with Gasteiger partial charge < -0.3 is 4.90 Å². The molecule has 1 atom stereocenters. The first-order valence-electron chi connectivity index (χ1n) is 7.64. The topological polar surface area (TPSA) is 3.24 Å². The van der Waals surface area contributed by atoms with Gasteiger partial charge in [0.25, 0.3) is 0 Å². The third kappa shape index (κ3) is 2.06. The van der Waals surface area contributed by atoms with Crippen LogP contribution in [-0.4, -0.2) is 11.9 Å². The van der Waals surface area contributed by atoms with E-state index in [0.29, 0.717) is 6.04 Å². The molecule has 0 radical (unpaired) electrons. The molecular weight excluding hydrogens is 286 g/mol. The number of rotatable bonds is 1. The van der Waals surface area contributed by atoms with Gasteiger partial charge in [0.1, 0.15) is 0 Å². The molecule has 2 heterocycles. The first-order chi connectivity index (χ1) is 10.6. The molecule has 2 aromatic carbocycles. The minimum absolute atomic E-state index is 0.329. The van der Waals surface area contributed by atoms with Gasteiger partial charge in [-0.1, -0.05) is 24.3 Å². The van der Waals surface area contributed by atoms with E-state index in [9.17, 15) is 0 Å². The molecule has 1 aliphatic rings. The van der Waals surface area contributed by atoms with Gasteiger partial charge >= 0.3 is 0 Å². The van der Waals surface area contributed by atoms with E-state index < -0.39 is 0 Å². The van der Waals surface area contributed by atoms with E-state index >= 15 is 0 Å². The molecule has 0 spiro atoms. The summed E-state index contributed by atoms with van der Waals surface area (Å²) in [5.74, 6) is 0. The van der Waals surface area contributed by atoms with Crippen molar-refractivity contribution < 1.29 is 0 Å². The zero-order valence-corrected chi connectivity index (χ0v) is 13.9. The summed E-state index contributed by atoms with van der Waals surface area (Å²) >= 11 is 1.90. The lowest BCUT2D eigenvalue weighted by Gasteiger charge is -2.28. The quantitative estimate of drug-likeness (QED) is 0.555. The Balaban J connectivity index is 1.96. The molecule has 3 aromatic rings. The highest BCUT2D eigenvalue weighted by Gasteiger charge is 2.17. The van der Waals surface area contributed by atoms with Crippen LogP contribution in [0, 0.1) is 13.8 Å². The molecule has 0 saturated heterocycles. The summed E-state index contributed by atoms with van der Waals surface area (Å²) in [6, 6.07) is 11.8. The Morgan fingerprint density at radius 3 is 2.59 bits per heavy atom. The number of allylic oxidation sites excluding steroid dienone is 2. The van der Waals surface area contributed by atoms with E-state index in [0.717, 1.165) is 0 Å². The SMILES string of the molecule is Cc1ccc2c(c1)sc1cc(C)c(C3C=CC=CN3C)cc12. The molecule has 1 nitrogen and oxygen atoms in total. The number of nitrogens with zero attached hydrogens (tertiary/aromatic N) is 1. The second-order valence-electron chi connectivity index (χ2n) is 6.14. The molecule has 0 bridgehead atoms. The molecule has 22 heavy (non-hydrogen) atoms. The molecule has 4 rings (SSSR count). The predicted molar refractivity (Wildman–Crippen MR) is 97.6 cm³/mol. The van der Waals surface area contributed by atoms with Crippen LogP contribution in [0.4, 0.5) is 0 Å². The number of fused-ring (bicyclic) bond motifs is 3. The average Bonchev–Trinajstić information content (AvgIpc) is 2.83. The van der Waals surface area contributed by atoms with Crippen LogP contribution in [0.15, 0.2) is 54.8 Å². The van der Waals surface area contributed by atoms with E-state index in [4.69, 9.17) is 0 Å². The zero-order valence-electron chi connectivity index (χ0n) is 13.1. The Labute approximate surface area is 135 Å². The van der Waals surface area contributed by atoms with Gasteiger partial charge in [0, 0.05) is 27.2 Å². The van der Waals surface area contributed by atoms with Gasteiger partial charge in [-0.05, 0) is 61.0 Å². The number of benzene rings is 2. The van der Waals surface area contributed by atoms with Crippen LogP contribution in [0.3, 0.4) is 0 Å². The maximum absolute atomic E-state index is 2.39. The van der Waals surface area contributed by atoms with Crippen LogP contribution in [0.1, 0.15) is 22.7 Å². The maximum Gasteiger partial charge on any atom is 0.0723 e. The molecule has 1 unspecified atom stereocenters. The monoisotopic (exact) mass is 305 g/mol. The summed E-state index contributed by atoms with van der Waals surface area (Å²) in [7, 11) is 2.14. The standard InChI is InChI=1S/C20H19NS/c1-13-7-8-15-17-12-16(18-6-4-5-9-21(18)3)14(2)11-20(17)22-19(15)10-13/h4-12,18H,1-3H3. The number of hydrogen-bond donors (Lipinski definition) is 0. The average molecular weight is 305 g/mol. The van der Waals surface area contributed by atoms with Crippen LogP contribution in [0.5, 0.6) is 0 Å². The van der Waals surface area contributed by atoms with Gasteiger partial charge in [-0.3, -0.25) is 0 Å². The lowest BCUT2D eigenvalue weighted by atomic mass is 9.96.